The van der Waals surface area contributed by atoms with Crippen molar-refractivity contribution < 1.29 is 13.9 Å². The number of hydrogen-bond donors (Lipinski definition) is 0. The molecule has 0 spiro atoms. The summed E-state index contributed by atoms with van der Waals surface area (Å²) < 4.78 is 20.9. The highest BCUT2D eigenvalue weighted by atomic mass is 32.2. The third-order valence-electron chi connectivity index (χ3n) is 6.96. The predicted molar refractivity (Wildman–Crippen MR) is 158 cm³/mol. The average Bonchev–Trinajstić information content (AvgIpc) is 3.20. The number of carbonyl (C=O) groups is 1. The van der Waals surface area contributed by atoms with E-state index in [0.717, 1.165) is 5.69 Å². The van der Waals surface area contributed by atoms with E-state index in [-0.39, 0.29) is 22.8 Å². The summed E-state index contributed by atoms with van der Waals surface area (Å²) in [5.41, 5.74) is 1.90. The SMILES string of the molecule is CCOCCCN1C(=O)/C(=C\c2c(C)c(C#N)c(=O)n(CC)c2N2CCN(c3ccc(F)cc3)CC2)SC1=S. The lowest BCUT2D eigenvalue weighted by Gasteiger charge is -2.39. The second-order valence-corrected chi connectivity index (χ2v) is 10.9. The van der Waals surface area contributed by atoms with Crippen LogP contribution in [0.2, 0.25) is 0 Å². The number of benzene rings is 1. The molecule has 0 N–H and O–H groups in total. The number of anilines is 2. The standard InChI is InChI=1S/C28H32FN5O3S2/c1-4-33-25(32-14-12-31(13-15-32)21-9-7-20(29)8-10-21)22(19(3)23(18-30)26(33)35)17-24-27(36)34(28(38)39-24)11-6-16-37-5-2/h7-10,17H,4-6,11-16H2,1-3H3/b24-17+. The number of carbonyl (C=O) groups excluding carboxylic acids is 1. The Kier molecular flexibility index (Phi) is 9.43. The first-order valence-electron chi connectivity index (χ1n) is 13.1. The van der Waals surface area contributed by atoms with Crippen molar-refractivity contribution in [3.05, 3.63) is 62.0 Å². The Morgan fingerprint density at radius 1 is 1.13 bits per heavy atom. The third kappa shape index (κ3) is 6.03. The summed E-state index contributed by atoms with van der Waals surface area (Å²) >= 11 is 6.74. The molecule has 1 amide bonds. The number of rotatable bonds is 9. The molecule has 2 aliphatic rings. The number of hydrogen-bond acceptors (Lipinski definition) is 8. The van der Waals surface area contributed by atoms with Crippen molar-refractivity contribution in [2.24, 2.45) is 0 Å². The maximum atomic E-state index is 13.4. The van der Waals surface area contributed by atoms with Gasteiger partial charge in [-0.3, -0.25) is 19.1 Å². The van der Waals surface area contributed by atoms with Crippen LogP contribution >= 0.6 is 24.0 Å². The molecule has 2 aliphatic heterocycles. The molecule has 0 bridgehead atoms. The largest absolute Gasteiger partial charge is 0.382 e. The molecule has 2 saturated heterocycles. The Bertz CT molecular complexity index is 1380. The fraction of sp³-hybridized carbons (Fsp3) is 0.429. The number of amides is 1. The van der Waals surface area contributed by atoms with Gasteiger partial charge in [-0.05, 0) is 63.1 Å². The molecule has 0 atom stereocenters. The van der Waals surface area contributed by atoms with Crippen LogP contribution < -0.4 is 15.4 Å². The van der Waals surface area contributed by atoms with E-state index < -0.39 is 0 Å². The Balaban J connectivity index is 1.68. The fourth-order valence-electron chi connectivity index (χ4n) is 4.90. The van der Waals surface area contributed by atoms with Gasteiger partial charge in [-0.25, -0.2) is 4.39 Å². The van der Waals surface area contributed by atoms with Crippen LogP contribution in [0.3, 0.4) is 0 Å². The minimum absolute atomic E-state index is 0.0731. The Labute approximate surface area is 237 Å². The third-order valence-corrected chi connectivity index (χ3v) is 8.33. The number of nitriles is 1. The molecule has 2 fully saturated rings. The van der Waals surface area contributed by atoms with E-state index in [0.29, 0.717) is 85.1 Å². The summed E-state index contributed by atoms with van der Waals surface area (Å²) in [7, 11) is 0. The number of thiocarbonyl (C=S) groups is 1. The van der Waals surface area contributed by atoms with Gasteiger partial charge in [0.15, 0.2) is 0 Å². The van der Waals surface area contributed by atoms with Crippen LogP contribution in [-0.2, 0) is 16.1 Å². The van der Waals surface area contributed by atoms with Gasteiger partial charge in [0.25, 0.3) is 11.5 Å². The predicted octanol–water partition coefficient (Wildman–Crippen LogP) is 4.14. The highest BCUT2D eigenvalue weighted by Gasteiger charge is 2.33. The lowest BCUT2D eigenvalue weighted by molar-refractivity contribution is -0.122. The summed E-state index contributed by atoms with van der Waals surface area (Å²) in [5, 5.41) is 9.82. The number of halogens is 1. The Hall–Kier alpha value is -3.20. The van der Waals surface area contributed by atoms with Crippen molar-refractivity contribution in [1.29, 1.82) is 5.26 Å². The van der Waals surface area contributed by atoms with Gasteiger partial charge >= 0.3 is 0 Å². The molecule has 39 heavy (non-hydrogen) atoms. The van der Waals surface area contributed by atoms with E-state index in [1.165, 1.54) is 23.9 Å². The molecule has 8 nitrogen and oxygen atoms in total. The van der Waals surface area contributed by atoms with Crippen LogP contribution in [0.15, 0.2) is 34.0 Å². The van der Waals surface area contributed by atoms with Crippen LogP contribution in [0.25, 0.3) is 6.08 Å². The van der Waals surface area contributed by atoms with E-state index in [4.69, 9.17) is 17.0 Å². The van der Waals surface area contributed by atoms with Crippen LogP contribution in [0.5, 0.6) is 0 Å². The maximum Gasteiger partial charge on any atom is 0.270 e. The zero-order chi connectivity index (χ0) is 28.1. The lowest BCUT2D eigenvalue weighted by Crippen LogP contribution is -2.48. The molecule has 0 aliphatic carbocycles. The van der Waals surface area contributed by atoms with Gasteiger partial charge in [0, 0.05) is 63.7 Å². The van der Waals surface area contributed by atoms with E-state index in [2.05, 4.69) is 15.9 Å². The zero-order valence-corrected chi connectivity index (χ0v) is 24.0. The molecule has 2 aromatic rings. The first-order valence-corrected chi connectivity index (χ1v) is 14.3. The van der Waals surface area contributed by atoms with Gasteiger partial charge in [0.1, 0.15) is 27.6 Å². The summed E-state index contributed by atoms with van der Waals surface area (Å²) in [6.07, 6.45) is 2.46. The van der Waals surface area contributed by atoms with Gasteiger partial charge in [0.2, 0.25) is 0 Å². The Morgan fingerprint density at radius 2 is 1.79 bits per heavy atom. The minimum Gasteiger partial charge on any atom is -0.382 e. The fourth-order valence-corrected chi connectivity index (χ4v) is 6.19. The highest BCUT2D eigenvalue weighted by Crippen LogP contribution is 2.36. The molecular formula is C28H32FN5O3S2. The number of aromatic nitrogens is 1. The second-order valence-electron chi connectivity index (χ2n) is 9.23. The van der Waals surface area contributed by atoms with Crippen LogP contribution in [0.1, 0.15) is 37.0 Å². The number of pyridine rings is 1. The molecule has 0 saturated carbocycles. The molecule has 11 heteroatoms. The quantitative estimate of drug-likeness (QED) is 0.253. The summed E-state index contributed by atoms with van der Waals surface area (Å²) in [5.74, 6) is 0.238. The van der Waals surface area contributed by atoms with Gasteiger partial charge in [0.05, 0.1) is 4.91 Å². The van der Waals surface area contributed by atoms with E-state index in [1.807, 2.05) is 13.8 Å². The lowest BCUT2D eigenvalue weighted by atomic mass is 10.0. The molecule has 1 aromatic heterocycles. The highest BCUT2D eigenvalue weighted by molar-refractivity contribution is 8.26. The molecule has 4 rings (SSSR count). The van der Waals surface area contributed by atoms with Crippen molar-refractivity contribution in [2.45, 2.75) is 33.7 Å². The van der Waals surface area contributed by atoms with Crippen molar-refractivity contribution in [3.8, 4) is 6.07 Å². The summed E-state index contributed by atoms with van der Waals surface area (Å²) in [6, 6.07) is 8.50. The molecular weight excluding hydrogens is 537 g/mol. The van der Waals surface area contributed by atoms with Crippen LogP contribution in [0, 0.1) is 24.1 Å². The molecule has 206 valence electrons. The van der Waals surface area contributed by atoms with Gasteiger partial charge < -0.3 is 14.5 Å². The first-order chi connectivity index (χ1) is 18.8. The number of thioether (sulfide) groups is 1. The summed E-state index contributed by atoms with van der Waals surface area (Å²) in [4.78, 5) is 33.0. The minimum atomic E-state index is -0.339. The zero-order valence-electron chi connectivity index (χ0n) is 22.4. The number of piperazine rings is 1. The van der Waals surface area contributed by atoms with E-state index in [1.54, 1.807) is 34.6 Å². The number of nitrogens with zero attached hydrogens (tertiary/aromatic N) is 5. The smallest absolute Gasteiger partial charge is 0.270 e. The topological polar surface area (TPSA) is 81.8 Å². The average molecular weight is 570 g/mol. The van der Waals surface area contributed by atoms with Crippen molar-refractivity contribution >= 4 is 51.8 Å². The molecule has 1 aromatic carbocycles. The van der Waals surface area contributed by atoms with Crippen molar-refractivity contribution in [3.63, 3.8) is 0 Å². The number of ether oxygens (including phenoxy) is 1. The normalized spacial score (nSPS) is 16.9. The van der Waals surface area contributed by atoms with Crippen molar-refractivity contribution in [1.82, 2.24) is 9.47 Å². The second kappa shape index (κ2) is 12.8. The van der Waals surface area contributed by atoms with Crippen LogP contribution in [0.4, 0.5) is 15.9 Å². The van der Waals surface area contributed by atoms with E-state index >= 15 is 0 Å². The molecule has 3 heterocycles. The monoisotopic (exact) mass is 569 g/mol. The molecule has 0 unspecified atom stereocenters. The summed E-state index contributed by atoms with van der Waals surface area (Å²) in [6.45, 7) is 10.1. The maximum absolute atomic E-state index is 13.4. The Morgan fingerprint density at radius 3 is 2.41 bits per heavy atom. The van der Waals surface area contributed by atoms with E-state index in [9.17, 15) is 19.2 Å². The van der Waals surface area contributed by atoms with Gasteiger partial charge in [-0.1, -0.05) is 24.0 Å². The molecule has 0 radical (unpaired) electrons. The first kappa shape index (κ1) is 28.8. The van der Waals surface area contributed by atoms with Gasteiger partial charge in [-0.2, -0.15) is 5.26 Å². The van der Waals surface area contributed by atoms with Crippen molar-refractivity contribution in [2.75, 3.05) is 55.7 Å². The van der Waals surface area contributed by atoms with Crippen LogP contribution in [-0.4, -0.2) is 65.6 Å². The van der Waals surface area contributed by atoms with Gasteiger partial charge in [-0.15, -0.1) is 0 Å².